The Balaban J connectivity index is 1.33. The van der Waals surface area contributed by atoms with E-state index in [1.807, 2.05) is 6.07 Å². The Hall–Kier alpha value is -2.93. The van der Waals surface area contributed by atoms with E-state index in [1.165, 1.54) is 10.2 Å². The van der Waals surface area contributed by atoms with Gasteiger partial charge in [0.05, 0.1) is 0 Å². The molecule has 1 amide bonds. The summed E-state index contributed by atoms with van der Waals surface area (Å²) < 4.78 is 2.92. The molecule has 4 rings (SSSR count). The second kappa shape index (κ2) is 7.98. The van der Waals surface area contributed by atoms with E-state index in [-0.39, 0.29) is 17.5 Å². The Morgan fingerprint density at radius 2 is 1.93 bits per heavy atom. The SMILES string of the molecule is CC(C(=O)NC1CCN(Cc2ccccc2)CC1)n1ncn2cccc2c1=O. The van der Waals surface area contributed by atoms with Crippen LogP contribution >= 0.6 is 0 Å². The van der Waals surface area contributed by atoms with E-state index >= 15 is 0 Å². The first kappa shape index (κ1) is 18.4. The number of fused-ring (bicyclic) bond motifs is 1. The molecule has 0 saturated carbocycles. The minimum atomic E-state index is -0.644. The summed E-state index contributed by atoms with van der Waals surface area (Å²) in [6.07, 6.45) is 5.14. The molecule has 0 spiro atoms. The Morgan fingerprint density at radius 3 is 2.68 bits per heavy atom. The summed E-state index contributed by atoms with van der Waals surface area (Å²) in [7, 11) is 0. The lowest BCUT2D eigenvalue weighted by Crippen LogP contribution is -2.47. The van der Waals surface area contributed by atoms with Crippen molar-refractivity contribution in [1.82, 2.24) is 24.4 Å². The maximum absolute atomic E-state index is 12.7. The van der Waals surface area contributed by atoms with Gasteiger partial charge in [0.25, 0.3) is 5.56 Å². The molecule has 7 heteroatoms. The zero-order valence-corrected chi connectivity index (χ0v) is 16.0. The molecule has 1 atom stereocenters. The van der Waals surface area contributed by atoms with E-state index in [2.05, 4.69) is 39.6 Å². The number of carbonyl (C=O) groups is 1. The second-order valence-corrected chi connectivity index (χ2v) is 7.40. The normalized spacial score (nSPS) is 16.9. The Bertz CT molecular complexity index is 1000. The van der Waals surface area contributed by atoms with E-state index in [1.54, 1.807) is 36.0 Å². The summed E-state index contributed by atoms with van der Waals surface area (Å²) in [5.74, 6) is -0.160. The van der Waals surface area contributed by atoms with Crippen LogP contribution in [-0.4, -0.2) is 44.1 Å². The average molecular weight is 379 g/mol. The first-order valence-corrected chi connectivity index (χ1v) is 9.73. The predicted octanol–water partition coefficient (Wildman–Crippen LogP) is 1.84. The first-order valence-electron chi connectivity index (χ1n) is 9.73. The number of hydrogen-bond donors (Lipinski definition) is 1. The van der Waals surface area contributed by atoms with Gasteiger partial charge in [-0.25, -0.2) is 4.68 Å². The van der Waals surface area contributed by atoms with Crippen LogP contribution in [0.2, 0.25) is 0 Å². The van der Waals surface area contributed by atoms with Crippen LogP contribution in [-0.2, 0) is 11.3 Å². The van der Waals surface area contributed by atoms with Crippen LogP contribution in [0.4, 0.5) is 0 Å². The van der Waals surface area contributed by atoms with Gasteiger partial charge in [0.15, 0.2) is 0 Å². The molecule has 3 heterocycles. The molecule has 1 N–H and O–H groups in total. The van der Waals surface area contributed by atoms with Crippen LogP contribution in [0, 0.1) is 0 Å². The monoisotopic (exact) mass is 379 g/mol. The number of rotatable bonds is 5. The van der Waals surface area contributed by atoms with Crippen molar-refractivity contribution < 1.29 is 4.79 Å². The molecule has 1 fully saturated rings. The van der Waals surface area contributed by atoms with Gasteiger partial charge in [-0.2, -0.15) is 5.10 Å². The number of benzene rings is 1. The molecular formula is C21H25N5O2. The molecule has 28 heavy (non-hydrogen) atoms. The molecule has 1 aromatic carbocycles. The second-order valence-electron chi connectivity index (χ2n) is 7.40. The third-order valence-electron chi connectivity index (χ3n) is 5.44. The largest absolute Gasteiger partial charge is 0.351 e. The lowest BCUT2D eigenvalue weighted by molar-refractivity contribution is -0.125. The summed E-state index contributed by atoms with van der Waals surface area (Å²) in [4.78, 5) is 27.6. The molecule has 1 aliphatic rings. The summed E-state index contributed by atoms with van der Waals surface area (Å²) in [6, 6.07) is 13.4. The van der Waals surface area contributed by atoms with Crippen LogP contribution in [0.25, 0.3) is 5.52 Å². The Labute approximate surface area is 163 Å². The highest BCUT2D eigenvalue weighted by Gasteiger charge is 2.24. The number of hydrogen-bond acceptors (Lipinski definition) is 4. The fraction of sp³-hybridized carbons (Fsp3) is 0.381. The van der Waals surface area contributed by atoms with Crippen molar-refractivity contribution in [3.05, 3.63) is 70.9 Å². The molecule has 1 aliphatic heterocycles. The van der Waals surface area contributed by atoms with Crippen molar-refractivity contribution in [2.24, 2.45) is 0 Å². The average Bonchev–Trinajstić information content (AvgIpc) is 3.20. The molecule has 0 bridgehead atoms. The van der Waals surface area contributed by atoms with Crippen molar-refractivity contribution in [2.75, 3.05) is 13.1 Å². The smallest absolute Gasteiger partial charge is 0.291 e. The quantitative estimate of drug-likeness (QED) is 0.734. The molecular weight excluding hydrogens is 354 g/mol. The number of nitrogens with one attached hydrogen (secondary N) is 1. The van der Waals surface area contributed by atoms with E-state index in [4.69, 9.17) is 0 Å². The van der Waals surface area contributed by atoms with E-state index in [9.17, 15) is 9.59 Å². The predicted molar refractivity (Wildman–Crippen MR) is 107 cm³/mol. The molecule has 0 aliphatic carbocycles. The number of amides is 1. The van der Waals surface area contributed by atoms with Crippen molar-refractivity contribution in [1.29, 1.82) is 0 Å². The first-order chi connectivity index (χ1) is 13.6. The van der Waals surface area contributed by atoms with Gasteiger partial charge in [-0.1, -0.05) is 30.3 Å². The number of piperidine rings is 1. The Morgan fingerprint density at radius 1 is 1.18 bits per heavy atom. The minimum Gasteiger partial charge on any atom is -0.351 e. The van der Waals surface area contributed by atoms with Crippen LogP contribution in [0.15, 0.2) is 59.8 Å². The van der Waals surface area contributed by atoms with Crippen LogP contribution in [0.3, 0.4) is 0 Å². The Kier molecular flexibility index (Phi) is 5.25. The maximum Gasteiger partial charge on any atom is 0.291 e. The zero-order chi connectivity index (χ0) is 19.5. The number of carbonyl (C=O) groups excluding carboxylic acids is 1. The summed E-state index contributed by atoms with van der Waals surface area (Å²) in [5, 5.41) is 7.25. The highest BCUT2D eigenvalue weighted by molar-refractivity contribution is 5.80. The molecule has 3 aromatic rings. The van der Waals surface area contributed by atoms with Crippen LogP contribution < -0.4 is 10.9 Å². The van der Waals surface area contributed by atoms with Gasteiger partial charge in [0.1, 0.15) is 17.9 Å². The van der Waals surface area contributed by atoms with Crippen molar-refractivity contribution in [3.63, 3.8) is 0 Å². The van der Waals surface area contributed by atoms with Crippen molar-refractivity contribution in [2.45, 2.75) is 38.4 Å². The highest BCUT2D eigenvalue weighted by Crippen LogP contribution is 2.15. The van der Waals surface area contributed by atoms with Gasteiger partial charge in [-0.15, -0.1) is 0 Å². The molecule has 1 unspecified atom stereocenters. The minimum absolute atomic E-state index is 0.134. The molecule has 2 aromatic heterocycles. The third kappa shape index (κ3) is 3.84. The summed E-state index contributed by atoms with van der Waals surface area (Å²) in [6.45, 7) is 4.55. The van der Waals surface area contributed by atoms with Crippen molar-refractivity contribution in [3.8, 4) is 0 Å². The number of nitrogens with zero attached hydrogens (tertiary/aromatic N) is 4. The number of aromatic nitrogens is 3. The zero-order valence-electron chi connectivity index (χ0n) is 16.0. The molecule has 146 valence electrons. The van der Waals surface area contributed by atoms with Crippen LogP contribution in [0.5, 0.6) is 0 Å². The molecule has 7 nitrogen and oxygen atoms in total. The topological polar surface area (TPSA) is 71.6 Å². The third-order valence-corrected chi connectivity index (χ3v) is 5.44. The lowest BCUT2D eigenvalue weighted by atomic mass is 10.0. The van der Waals surface area contributed by atoms with Gasteiger partial charge >= 0.3 is 0 Å². The number of likely N-dealkylation sites (tertiary alicyclic amines) is 1. The molecule has 0 radical (unpaired) electrons. The summed E-state index contributed by atoms with van der Waals surface area (Å²) in [5.41, 5.74) is 1.57. The summed E-state index contributed by atoms with van der Waals surface area (Å²) >= 11 is 0. The lowest BCUT2D eigenvalue weighted by Gasteiger charge is -2.32. The van der Waals surface area contributed by atoms with Gasteiger partial charge in [-0.3, -0.25) is 14.5 Å². The molecule has 1 saturated heterocycles. The van der Waals surface area contributed by atoms with E-state index in [0.29, 0.717) is 5.52 Å². The van der Waals surface area contributed by atoms with Gasteiger partial charge in [0.2, 0.25) is 5.91 Å². The van der Waals surface area contributed by atoms with Gasteiger partial charge in [-0.05, 0) is 37.5 Å². The standard InChI is InChI=1S/C21H25N5O2/c1-16(26-21(28)19-8-5-11-25(19)15-22-26)20(27)23-18-9-12-24(13-10-18)14-17-6-3-2-4-7-17/h2-8,11,15-16,18H,9-10,12-14H2,1H3,(H,23,27). The maximum atomic E-state index is 12.7. The van der Waals surface area contributed by atoms with Gasteiger partial charge < -0.3 is 9.72 Å². The van der Waals surface area contributed by atoms with E-state index < -0.39 is 6.04 Å². The van der Waals surface area contributed by atoms with Gasteiger partial charge in [0, 0.05) is 31.9 Å². The van der Waals surface area contributed by atoms with Crippen molar-refractivity contribution >= 4 is 11.4 Å². The highest BCUT2D eigenvalue weighted by atomic mass is 16.2. The van der Waals surface area contributed by atoms with Crippen LogP contribution in [0.1, 0.15) is 31.4 Å². The van der Waals surface area contributed by atoms with E-state index in [0.717, 1.165) is 32.5 Å². The fourth-order valence-electron chi connectivity index (χ4n) is 3.74. The fourth-order valence-corrected chi connectivity index (χ4v) is 3.74.